The number of nitrogens with one attached hydrogen (secondary N) is 2. The molecule has 0 radical (unpaired) electrons. The zero-order valence-electron chi connectivity index (χ0n) is 31.2. The third kappa shape index (κ3) is 26.5. The van der Waals surface area contributed by atoms with Gasteiger partial charge in [0.1, 0.15) is 25.6 Å². The maximum Gasteiger partial charge on any atom is 0.329 e. The van der Waals surface area contributed by atoms with Crippen LogP contribution < -0.4 is 10.0 Å². The van der Waals surface area contributed by atoms with Crippen LogP contribution in [-0.4, -0.2) is 121 Å². The van der Waals surface area contributed by atoms with Crippen LogP contribution in [0.5, 0.6) is 0 Å². The van der Waals surface area contributed by atoms with Crippen LogP contribution in [0.3, 0.4) is 0 Å². The Hall–Kier alpha value is -4.91. The van der Waals surface area contributed by atoms with Crippen molar-refractivity contribution in [3.63, 3.8) is 0 Å². The number of aromatic nitrogens is 1. The summed E-state index contributed by atoms with van der Waals surface area (Å²) in [6.45, 7) is 3.13. The monoisotopic (exact) mass is 789 g/mol. The molecule has 0 unspecified atom stereocenters. The minimum atomic E-state index is -3.80. The predicted octanol–water partition coefficient (Wildman–Crippen LogP) is 3.37. The molecule has 0 spiro atoms. The molecular weight excluding hydrogens is 738 g/mol. The van der Waals surface area contributed by atoms with Crippen LogP contribution >= 0.6 is 0 Å². The van der Waals surface area contributed by atoms with Crippen molar-refractivity contribution < 1.29 is 61.2 Å². The number of carboxylic acids is 1. The zero-order chi connectivity index (χ0) is 40.6. The highest BCUT2D eigenvalue weighted by molar-refractivity contribution is 7.92. The summed E-state index contributed by atoms with van der Waals surface area (Å²) in [4.78, 5) is 60.4. The number of ether oxygens (including phenoxy) is 5. The van der Waals surface area contributed by atoms with Crippen molar-refractivity contribution in [3.8, 4) is 0 Å². The first-order valence-corrected chi connectivity index (χ1v) is 18.8. The van der Waals surface area contributed by atoms with E-state index in [1.165, 1.54) is 44.5 Å². The Morgan fingerprint density at radius 1 is 0.673 bits per heavy atom. The van der Waals surface area contributed by atoms with Gasteiger partial charge in [-0.05, 0) is 44.0 Å². The number of pyridine rings is 1. The second-order valence-corrected chi connectivity index (χ2v) is 13.0. The van der Waals surface area contributed by atoms with E-state index < -0.39 is 21.9 Å². The van der Waals surface area contributed by atoms with Gasteiger partial charge in [0, 0.05) is 39.4 Å². The summed E-state index contributed by atoms with van der Waals surface area (Å²) in [5.74, 6) is -1.64. The van der Waals surface area contributed by atoms with Crippen molar-refractivity contribution in [2.75, 3.05) is 77.8 Å². The number of Topliss-reactive ketones (excluding diaryl/α,β-unsaturated/α-hetero) is 3. The summed E-state index contributed by atoms with van der Waals surface area (Å²) in [6, 6.07) is 22.6. The number of anilines is 1. The maximum absolute atomic E-state index is 12.4. The summed E-state index contributed by atoms with van der Waals surface area (Å²) in [5.41, 5.74) is 0.179. The molecule has 16 nitrogen and oxygen atoms in total. The molecule has 2 aromatic carbocycles. The SMILES string of the molecule is CC(=O)COCCOCCCC(=O)COCCOCCCC(=O)CNC(=O)c1ccc(NS(=O)(=O)c2ccccc2)nc1.COCC(=O)O.c1ccccc1. The number of carbonyl (C=O) groups excluding carboxylic acids is 4. The van der Waals surface area contributed by atoms with Gasteiger partial charge in [-0.15, -0.1) is 0 Å². The number of hydrogen-bond acceptors (Lipinski definition) is 13. The van der Waals surface area contributed by atoms with Gasteiger partial charge in [0.05, 0.1) is 43.4 Å². The van der Waals surface area contributed by atoms with Crippen molar-refractivity contribution in [3.05, 3.63) is 90.6 Å². The highest BCUT2D eigenvalue weighted by Crippen LogP contribution is 2.14. The van der Waals surface area contributed by atoms with Gasteiger partial charge in [-0.25, -0.2) is 18.2 Å². The first-order valence-electron chi connectivity index (χ1n) is 17.3. The molecule has 17 heteroatoms. The number of carboxylic acid groups (broad SMARTS) is 1. The summed E-state index contributed by atoms with van der Waals surface area (Å²) in [7, 11) is -2.46. The highest BCUT2D eigenvalue weighted by Gasteiger charge is 2.15. The average molecular weight is 790 g/mol. The fourth-order valence-corrected chi connectivity index (χ4v) is 4.95. The van der Waals surface area contributed by atoms with Crippen LogP contribution in [0.1, 0.15) is 43.0 Å². The number of rotatable bonds is 26. The lowest BCUT2D eigenvalue weighted by Gasteiger charge is -2.08. The van der Waals surface area contributed by atoms with Gasteiger partial charge in [0.25, 0.3) is 15.9 Å². The molecule has 1 aromatic heterocycles. The van der Waals surface area contributed by atoms with Gasteiger partial charge in [-0.1, -0.05) is 54.6 Å². The lowest BCUT2D eigenvalue weighted by atomic mass is 10.2. The summed E-state index contributed by atoms with van der Waals surface area (Å²) >= 11 is 0. The smallest absolute Gasteiger partial charge is 0.329 e. The van der Waals surface area contributed by atoms with Crippen molar-refractivity contribution in [1.29, 1.82) is 0 Å². The van der Waals surface area contributed by atoms with E-state index in [0.717, 1.165) is 0 Å². The lowest BCUT2D eigenvalue weighted by Crippen LogP contribution is -2.29. The van der Waals surface area contributed by atoms with E-state index >= 15 is 0 Å². The number of aliphatic carboxylic acids is 1. The van der Waals surface area contributed by atoms with Crippen LogP contribution in [0, 0.1) is 0 Å². The van der Waals surface area contributed by atoms with Crippen LogP contribution in [-0.2, 0) is 52.9 Å². The van der Waals surface area contributed by atoms with Crippen LogP contribution in [0.4, 0.5) is 5.82 Å². The minimum Gasteiger partial charge on any atom is -0.480 e. The summed E-state index contributed by atoms with van der Waals surface area (Å²) in [6.07, 6.45) is 2.81. The Balaban J connectivity index is 0.00000107. The van der Waals surface area contributed by atoms with Gasteiger partial charge >= 0.3 is 5.97 Å². The first kappa shape index (κ1) is 48.1. The minimum absolute atomic E-state index is 0.00911. The molecule has 0 bridgehead atoms. The molecule has 3 rings (SSSR count). The van der Waals surface area contributed by atoms with Gasteiger partial charge in [-0.3, -0.25) is 23.9 Å². The topological polar surface area (TPSA) is 223 Å². The van der Waals surface area contributed by atoms with Gasteiger partial charge < -0.3 is 34.1 Å². The molecule has 302 valence electrons. The molecule has 1 amide bonds. The standard InChI is InChI=1S/C29H39N3O10S.C6H6.C3H6O3/c1-23(33)21-41-17-15-40-14-6-8-26(35)22-42-18-16-39-13-5-7-25(34)20-31-29(36)24-11-12-28(30-19-24)32-43(37,38)27-9-3-2-4-10-27;1-2-4-6-5-3-1;1-6-2-3(4)5/h2-4,9-12,19H,5-8,13-18,20-22H2,1H3,(H,30,32)(H,31,36);1-6H;2H2,1H3,(H,4,5). The number of carbonyl (C=O) groups is 5. The van der Waals surface area contributed by atoms with E-state index in [-0.39, 0.29) is 79.6 Å². The second-order valence-electron chi connectivity index (χ2n) is 11.3. The fraction of sp³-hybridized carbons (Fsp3) is 0.421. The molecule has 0 atom stereocenters. The normalized spacial score (nSPS) is 10.5. The number of benzene rings is 2. The number of nitrogens with zero attached hydrogens (tertiary/aromatic N) is 1. The Bertz CT molecular complexity index is 1600. The third-order valence-electron chi connectivity index (χ3n) is 6.50. The molecule has 3 aromatic rings. The van der Waals surface area contributed by atoms with Crippen LogP contribution in [0.2, 0.25) is 0 Å². The fourth-order valence-electron chi connectivity index (χ4n) is 3.92. The molecule has 0 saturated heterocycles. The Morgan fingerprint density at radius 3 is 1.69 bits per heavy atom. The van der Waals surface area contributed by atoms with Gasteiger partial charge in [-0.2, -0.15) is 0 Å². The largest absolute Gasteiger partial charge is 0.480 e. The Morgan fingerprint density at radius 2 is 1.20 bits per heavy atom. The summed E-state index contributed by atoms with van der Waals surface area (Å²) < 4.78 is 52.4. The molecule has 0 aliphatic rings. The third-order valence-corrected chi connectivity index (χ3v) is 7.87. The molecular formula is C38H51N3O13S. The molecule has 1 heterocycles. The van der Waals surface area contributed by atoms with Gasteiger partial charge in [0.15, 0.2) is 17.3 Å². The van der Waals surface area contributed by atoms with Crippen molar-refractivity contribution >= 4 is 45.1 Å². The molecule has 0 aliphatic heterocycles. The Labute approximate surface area is 321 Å². The van der Waals surface area contributed by atoms with Crippen LogP contribution in [0.25, 0.3) is 0 Å². The average Bonchev–Trinajstić information content (AvgIpc) is 3.17. The van der Waals surface area contributed by atoms with E-state index in [1.54, 1.807) is 18.2 Å². The molecule has 0 saturated carbocycles. The number of sulfonamides is 1. The predicted molar refractivity (Wildman–Crippen MR) is 202 cm³/mol. The second kappa shape index (κ2) is 30.4. The van der Waals surface area contributed by atoms with Crippen molar-refractivity contribution in [2.24, 2.45) is 0 Å². The molecule has 55 heavy (non-hydrogen) atoms. The number of ketones is 3. The van der Waals surface area contributed by atoms with E-state index in [0.29, 0.717) is 45.7 Å². The van der Waals surface area contributed by atoms with Crippen molar-refractivity contribution in [2.45, 2.75) is 37.5 Å². The zero-order valence-corrected chi connectivity index (χ0v) is 32.0. The van der Waals surface area contributed by atoms with E-state index in [1.807, 2.05) is 36.4 Å². The number of amides is 1. The van der Waals surface area contributed by atoms with E-state index in [4.69, 9.17) is 24.1 Å². The molecule has 3 N–H and O–H groups in total. The van der Waals surface area contributed by atoms with Crippen molar-refractivity contribution in [1.82, 2.24) is 10.3 Å². The van der Waals surface area contributed by atoms with Gasteiger partial charge in [0.2, 0.25) is 0 Å². The van der Waals surface area contributed by atoms with E-state index in [9.17, 15) is 32.4 Å². The first-order chi connectivity index (χ1) is 26.4. The maximum atomic E-state index is 12.4. The van der Waals surface area contributed by atoms with E-state index in [2.05, 4.69) is 19.8 Å². The quantitative estimate of drug-likeness (QED) is 0.0993. The lowest BCUT2D eigenvalue weighted by molar-refractivity contribution is -0.141. The summed E-state index contributed by atoms with van der Waals surface area (Å²) in [5, 5.41) is 10.3. The molecule has 0 aliphatic carbocycles. The Kier molecular flexibility index (Phi) is 26.6. The molecule has 0 fully saturated rings. The number of hydrogen-bond donors (Lipinski definition) is 3. The van der Waals surface area contributed by atoms with Crippen LogP contribution in [0.15, 0.2) is 90.0 Å². The number of methoxy groups -OCH3 is 1. The highest BCUT2D eigenvalue weighted by atomic mass is 32.2.